The van der Waals surface area contributed by atoms with Crippen LogP contribution < -0.4 is 5.73 Å². The molecule has 4 nitrogen and oxygen atoms in total. The van der Waals surface area contributed by atoms with Crippen molar-refractivity contribution in [2.75, 3.05) is 13.2 Å². The third-order valence-electron chi connectivity index (χ3n) is 3.86. The molecule has 0 saturated heterocycles. The van der Waals surface area contributed by atoms with Crippen molar-refractivity contribution in [2.45, 2.75) is 31.6 Å². The van der Waals surface area contributed by atoms with Crippen LogP contribution in [0.5, 0.6) is 0 Å². The molecule has 4 N–H and O–H groups in total. The Morgan fingerprint density at radius 3 is 2.55 bits per heavy atom. The van der Waals surface area contributed by atoms with E-state index >= 15 is 0 Å². The van der Waals surface area contributed by atoms with Crippen molar-refractivity contribution in [3.05, 3.63) is 41.0 Å². The van der Waals surface area contributed by atoms with Crippen LogP contribution in [0.2, 0.25) is 0 Å². The molecule has 1 amide bonds. The monoisotopic (exact) mass is 275 g/mol. The molecular formula is C16H21NO3. The van der Waals surface area contributed by atoms with E-state index in [4.69, 9.17) is 5.73 Å². The van der Waals surface area contributed by atoms with Crippen LogP contribution in [-0.4, -0.2) is 29.3 Å². The average Bonchev–Trinajstić information content (AvgIpc) is 2.49. The normalized spacial score (nSPS) is 15.2. The Balaban J connectivity index is 2.46. The van der Waals surface area contributed by atoms with Crippen molar-refractivity contribution in [2.24, 2.45) is 5.73 Å². The number of aliphatic hydroxyl groups is 2. The molecule has 2 rings (SSSR count). The zero-order valence-corrected chi connectivity index (χ0v) is 11.5. The fraction of sp³-hybridized carbons (Fsp3) is 0.438. The highest BCUT2D eigenvalue weighted by atomic mass is 16.3. The van der Waals surface area contributed by atoms with Crippen molar-refractivity contribution >= 4 is 11.5 Å². The predicted octanol–water partition coefficient (Wildman–Crippen LogP) is 1.81. The highest BCUT2D eigenvalue weighted by Gasteiger charge is 2.17. The quantitative estimate of drug-likeness (QED) is 0.766. The number of hydrogen-bond donors (Lipinski definition) is 3. The van der Waals surface area contributed by atoms with Gasteiger partial charge in [-0.15, -0.1) is 0 Å². The Labute approximate surface area is 118 Å². The molecule has 0 aromatic heterocycles. The minimum atomic E-state index is -0.442. The van der Waals surface area contributed by atoms with E-state index in [0.29, 0.717) is 5.56 Å². The van der Waals surface area contributed by atoms with E-state index in [1.54, 1.807) is 12.1 Å². The van der Waals surface area contributed by atoms with E-state index in [1.807, 2.05) is 6.07 Å². The van der Waals surface area contributed by atoms with Crippen molar-refractivity contribution in [1.29, 1.82) is 0 Å². The van der Waals surface area contributed by atoms with Gasteiger partial charge >= 0.3 is 0 Å². The van der Waals surface area contributed by atoms with Gasteiger partial charge in [0, 0.05) is 11.5 Å². The molecule has 0 bridgehead atoms. The molecule has 1 aromatic rings. The third-order valence-corrected chi connectivity index (χ3v) is 3.86. The topological polar surface area (TPSA) is 83.6 Å². The smallest absolute Gasteiger partial charge is 0.249 e. The summed E-state index contributed by atoms with van der Waals surface area (Å²) in [5.41, 5.74) is 8.78. The van der Waals surface area contributed by atoms with Gasteiger partial charge in [0.1, 0.15) is 0 Å². The maximum Gasteiger partial charge on any atom is 0.249 e. The van der Waals surface area contributed by atoms with Crippen LogP contribution in [0.1, 0.15) is 53.1 Å². The highest BCUT2D eigenvalue weighted by Crippen LogP contribution is 2.31. The van der Waals surface area contributed by atoms with Crippen LogP contribution in [0.15, 0.2) is 24.3 Å². The van der Waals surface area contributed by atoms with Gasteiger partial charge in [0.15, 0.2) is 0 Å². The van der Waals surface area contributed by atoms with Crippen LogP contribution in [0.25, 0.3) is 5.57 Å². The number of allylic oxidation sites excluding steroid dienone is 2. The summed E-state index contributed by atoms with van der Waals surface area (Å²) >= 11 is 0. The van der Waals surface area contributed by atoms with Crippen LogP contribution >= 0.6 is 0 Å². The number of aliphatic hydroxyl groups excluding tert-OH is 2. The lowest BCUT2D eigenvalue weighted by molar-refractivity contribution is 0.1000. The lowest BCUT2D eigenvalue weighted by atomic mass is 9.87. The van der Waals surface area contributed by atoms with Gasteiger partial charge in [-0.3, -0.25) is 4.79 Å². The molecule has 1 aromatic carbocycles. The molecule has 4 heteroatoms. The summed E-state index contributed by atoms with van der Waals surface area (Å²) in [7, 11) is 0. The molecule has 0 radical (unpaired) electrons. The van der Waals surface area contributed by atoms with Crippen LogP contribution in [0.3, 0.4) is 0 Å². The highest BCUT2D eigenvalue weighted by molar-refractivity contribution is 5.98. The number of nitrogens with two attached hydrogens (primary N) is 1. The minimum absolute atomic E-state index is 0.120. The molecule has 20 heavy (non-hydrogen) atoms. The number of carbonyl (C=O) groups is 1. The van der Waals surface area contributed by atoms with E-state index in [-0.39, 0.29) is 19.1 Å². The predicted molar refractivity (Wildman–Crippen MR) is 78.3 cm³/mol. The first-order chi connectivity index (χ1) is 9.67. The van der Waals surface area contributed by atoms with Crippen LogP contribution in [0, 0.1) is 0 Å². The van der Waals surface area contributed by atoms with Gasteiger partial charge in [0.25, 0.3) is 0 Å². The minimum Gasteiger partial charge on any atom is -0.396 e. The Morgan fingerprint density at radius 2 is 2.00 bits per heavy atom. The Hall–Kier alpha value is -1.65. The molecule has 1 aliphatic rings. The summed E-state index contributed by atoms with van der Waals surface area (Å²) in [5, 5.41) is 18.6. The summed E-state index contributed by atoms with van der Waals surface area (Å²) in [6, 6.07) is 5.33. The largest absolute Gasteiger partial charge is 0.396 e. The number of carbonyl (C=O) groups excluding carboxylic acids is 1. The molecule has 0 atom stereocenters. The van der Waals surface area contributed by atoms with Crippen molar-refractivity contribution in [3.63, 3.8) is 0 Å². The Bertz CT molecular complexity index is 518. The first kappa shape index (κ1) is 14.8. The SMILES string of the molecule is NC(=O)c1ccc(C(CO)CO)cc1C1=CCCCC1. The summed E-state index contributed by atoms with van der Waals surface area (Å²) in [5.74, 6) is -0.762. The zero-order valence-electron chi connectivity index (χ0n) is 11.5. The Kier molecular flexibility index (Phi) is 4.93. The summed E-state index contributed by atoms with van der Waals surface area (Å²) in [6.45, 7) is -0.240. The molecule has 0 aliphatic heterocycles. The number of hydrogen-bond acceptors (Lipinski definition) is 3. The lowest BCUT2D eigenvalue weighted by Crippen LogP contribution is -2.16. The summed E-state index contributed by atoms with van der Waals surface area (Å²) in [6.07, 6.45) is 6.39. The fourth-order valence-corrected chi connectivity index (χ4v) is 2.65. The van der Waals surface area contributed by atoms with E-state index in [9.17, 15) is 15.0 Å². The van der Waals surface area contributed by atoms with E-state index in [1.165, 1.54) is 6.42 Å². The number of primary amides is 1. The van der Waals surface area contributed by atoms with Gasteiger partial charge in [-0.1, -0.05) is 18.2 Å². The van der Waals surface area contributed by atoms with Gasteiger partial charge in [0.05, 0.1) is 13.2 Å². The summed E-state index contributed by atoms with van der Waals surface area (Å²) < 4.78 is 0. The number of amides is 1. The molecule has 0 unspecified atom stereocenters. The number of rotatable bonds is 5. The molecular weight excluding hydrogens is 254 g/mol. The average molecular weight is 275 g/mol. The molecule has 0 fully saturated rings. The first-order valence-electron chi connectivity index (χ1n) is 7.02. The standard InChI is InChI=1S/C16H21NO3/c17-16(20)14-7-6-12(13(9-18)10-19)8-15(14)11-4-2-1-3-5-11/h4,6-8,13,18-19H,1-3,5,9-10H2,(H2,17,20). The Morgan fingerprint density at radius 1 is 1.25 bits per heavy atom. The van der Waals surface area contributed by atoms with Crippen molar-refractivity contribution < 1.29 is 15.0 Å². The first-order valence-corrected chi connectivity index (χ1v) is 7.02. The van der Waals surface area contributed by atoms with E-state index < -0.39 is 5.91 Å². The van der Waals surface area contributed by atoms with Gasteiger partial charge in [0.2, 0.25) is 5.91 Å². The maximum absolute atomic E-state index is 11.6. The van der Waals surface area contributed by atoms with Gasteiger partial charge < -0.3 is 15.9 Å². The van der Waals surface area contributed by atoms with Crippen LogP contribution in [-0.2, 0) is 0 Å². The van der Waals surface area contributed by atoms with E-state index in [0.717, 1.165) is 36.0 Å². The van der Waals surface area contributed by atoms with E-state index in [2.05, 4.69) is 6.08 Å². The molecule has 108 valence electrons. The van der Waals surface area contributed by atoms with Crippen molar-refractivity contribution in [3.8, 4) is 0 Å². The van der Waals surface area contributed by atoms with Crippen molar-refractivity contribution in [1.82, 2.24) is 0 Å². The molecule has 0 heterocycles. The second-order valence-electron chi connectivity index (χ2n) is 5.21. The third kappa shape index (κ3) is 3.08. The second-order valence-corrected chi connectivity index (χ2v) is 5.21. The number of benzene rings is 1. The van der Waals surface area contributed by atoms with Gasteiger partial charge in [-0.05, 0) is 48.4 Å². The zero-order chi connectivity index (χ0) is 14.5. The molecule has 1 aliphatic carbocycles. The van der Waals surface area contributed by atoms with Crippen LogP contribution in [0.4, 0.5) is 0 Å². The van der Waals surface area contributed by atoms with Gasteiger partial charge in [-0.2, -0.15) is 0 Å². The fourth-order valence-electron chi connectivity index (χ4n) is 2.65. The lowest BCUT2D eigenvalue weighted by Gasteiger charge is -2.19. The molecule has 0 spiro atoms. The molecule has 0 saturated carbocycles. The maximum atomic E-state index is 11.6. The van der Waals surface area contributed by atoms with Gasteiger partial charge in [-0.25, -0.2) is 0 Å². The second kappa shape index (κ2) is 6.68. The summed E-state index contributed by atoms with van der Waals surface area (Å²) in [4.78, 5) is 11.6.